The van der Waals surface area contributed by atoms with Crippen LogP contribution >= 0.6 is 11.3 Å². The minimum Gasteiger partial charge on any atom is -0.391 e. The van der Waals surface area contributed by atoms with E-state index in [-0.39, 0.29) is 12.6 Å². The molecule has 1 atom stereocenters. The monoisotopic (exact) mass is 185 g/mol. The van der Waals surface area contributed by atoms with Gasteiger partial charge in [0.1, 0.15) is 0 Å². The van der Waals surface area contributed by atoms with E-state index < -0.39 is 0 Å². The van der Waals surface area contributed by atoms with Crippen molar-refractivity contribution in [3.8, 4) is 0 Å². The van der Waals surface area contributed by atoms with Gasteiger partial charge in [0, 0.05) is 10.9 Å². The van der Waals surface area contributed by atoms with Crippen LogP contribution < -0.4 is 5.73 Å². The van der Waals surface area contributed by atoms with Crippen molar-refractivity contribution < 1.29 is 5.11 Å². The molecule has 0 radical (unpaired) electrons. The summed E-state index contributed by atoms with van der Waals surface area (Å²) in [5.74, 6) is 0.421. The number of aliphatic hydroxyl groups is 1. The van der Waals surface area contributed by atoms with Crippen LogP contribution in [0.2, 0.25) is 0 Å². The molecule has 0 unspecified atom stereocenters. The molecule has 12 heavy (non-hydrogen) atoms. The number of aliphatic hydroxyl groups excluding tert-OH is 1. The molecule has 1 aromatic rings. The third-order valence-electron chi connectivity index (χ3n) is 2.00. The molecule has 0 aromatic carbocycles. The predicted molar refractivity (Wildman–Crippen MR) is 52.0 cm³/mol. The Morgan fingerprint density at radius 1 is 1.58 bits per heavy atom. The Bertz CT molecular complexity index is 244. The molecule has 0 fully saturated rings. The maximum absolute atomic E-state index is 8.99. The van der Waals surface area contributed by atoms with E-state index in [1.165, 1.54) is 0 Å². The Balaban J connectivity index is 2.86. The van der Waals surface area contributed by atoms with Crippen molar-refractivity contribution in [1.82, 2.24) is 0 Å². The molecule has 3 heteroatoms. The third kappa shape index (κ3) is 1.86. The average Bonchev–Trinajstić information content (AvgIpc) is 2.49. The van der Waals surface area contributed by atoms with E-state index in [0.29, 0.717) is 5.92 Å². The van der Waals surface area contributed by atoms with Crippen LogP contribution in [-0.2, 0) is 6.61 Å². The highest BCUT2D eigenvalue weighted by Gasteiger charge is 2.14. The first-order valence-corrected chi connectivity index (χ1v) is 4.97. The van der Waals surface area contributed by atoms with Gasteiger partial charge in [0.15, 0.2) is 0 Å². The van der Waals surface area contributed by atoms with Crippen LogP contribution in [0, 0.1) is 5.92 Å². The fourth-order valence-corrected chi connectivity index (χ4v) is 1.93. The van der Waals surface area contributed by atoms with Crippen molar-refractivity contribution in [1.29, 1.82) is 0 Å². The van der Waals surface area contributed by atoms with Gasteiger partial charge in [0.2, 0.25) is 0 Å². The lowest BCUT2D eigenvalue weighted by atomic mass is 9.98. The second-order valence-electron chi connectivity index (χ2n) is 3.23. The molecular weight excluding hydrogens is 170 g/mol. The van der Waals surface area contributed by atoms with Gasteiger partial charge in [-0.15, -0.1) is 11.3 Å². The van der Waals surface area contributed by atoms with E-state index in [4.69, 9.17) is 10.8 Å². The summed E-state index contributed by atoms with van der Waals surface area (Å²) in [6.07, 6.45) is 0. The molecule has 0 bridgehead atoms. The quantitative estimate of drug-likeness (QED) is 0.755. The topological polar surface area (TPSA) is 46.2 Å². The van der Waals surface area contributed by atoms with E-state index in [0.717, 1.165) is 10.4 Å². The summed E-state index contributed by atoms with van der Waals surface area (Å²) in [5, 5.41) is 11.0. The Morgan fingerprint density at radius 2 is 2.25 bits per heavy atom. The second kappa shape index (κ2) is 4.03. The fourth-order valence-electron chi connectivity index (χ4n) is 1.14. The second-order valence-corrected chi connectivity index (χ2v) is 4.23. The number of rotatable bonds is 3. The zero-order valence-corrected chi connectivity index (χ0v) is 8.27. The fraction of sp³-hybridized carbons (Fsp3) is 0.556. The van der Waals surface area contributed by atoms with Gasteiger partial charge in [0.05, 0.1) is 6.61 Å². The molecule has 0 saturated carbocycles. The van der Waals surface area contributed by atoms with Crippen molar-refractivity contribution in [2.24, 2.45) is 11.7 Å². The molecule has 0 aliphatic carbocycles. The molecule has 1 aromatic heterocycles. The summed E-state index contributed by atoms with van der Waals surface area (Å²) >= 11 is 1.57. The van der Waals surface area contributed by atoms with Gasteiger partial charge in [-0.1, -0.05) is 13.8 Å². The van der Waals surface area contributed by atoms with Crippen LogP contribution in [-0.4, -0.2) is 5.11 Å². The number of hydrogen-bond acceptors (Lipinski definition) is 3. The smallest absolute Gasteiger partial charge is 0.0777 e. The summed E-state index contributed by atoms with van der Waals surface area (Å²) in [5.41, 5.74) is 7.05. The normalized spacial score (nSPS) is 13.8. The van der Waals surface area contributed by atoms with Crippen LogP contribution in [0.4, 0.5) is 0 Å². The van der Waals surface area contributed by atoms with Gasteiger partial charge in [-0.05, 0) is 22.9 Å². The van der Waals surface area contributed by atoms with Crippen molar-refractivity contribution in [2.45, 2.75) is 26.5 Å². The highest BCUT2D eigenvalue weighted by Crippen LogP contribution is 2.26. The van der Waals surface area contributed by atoms with E-state index >= 15 is 0 Å². The Morgan fingerprint density at radius 3 is 2.75 bits per heavy atom. The minimum absolute atomic E-state index is 0.0541. The Hall–Kier alpha value is -0.380. The molecule has 3 N–H and O–H groups in total. The lowest BCUT2D eigenvalue weighted by Crippen LogP contribution is -2.17. The minimum atomic E-state index is 0.0541. The standard InChI is InChI=1S/C9H15NOS/c1-6(2)9(10)7-3-4-12-8(7)5-11/h3-4,6,9,11H,5,10H2,1-2H3/t9-/m0/s1. The van der Waals surface area contributed by atoms with Crippen LogP contribution in [0.3, 0.4) is 0 Å². The summed E-state index contributed by atoms with van der Waals surface area (Å²) in [6, 6.07) is 2.05. The molecule has 0 spiro atoms. The molecule has 1 rings (SSSR count). The van der Waals surface area contributed by atoms with Crippen molar-refractivity contribution in [3.63, 3.8) is 0 Å². The molecule has 0 aliphatic heterocycles. The van der Waals surface area contributed by atoms with Crippen LogP contribution in [0.5, 0.6) is 0 Å². The summed E-state index contributed by atoms with van der Waals surface area (Å²) in [6.45, 7) is 4.28. The van der Waals surface area contributed by atoms with Gasteiger partial charge in [0.25, 0.3) is 0 Å². The zero-order valence-electron chi connectivity index (χ0n) is 7.45. The molecule has 0 amide bonds. The largest absolute Gasteiger partial charge is 0.391 e. The van der Waals surface area contributed by atoms with Gasteiger partial charge in [-0.3, -0.25) is 0 Å². The number of nitrogens with two attached hydrogens (primary N) is 1. The Kier molecular flexibility index (Phi) is 3.26. The molecular formula is C9H15NOS. The van der Waals surface area contributed by atoms with Crippen molar-refractivity contribution >= 4 is 11.3 Å². The van der Waals surface area contributed by atoms with E-state index in [2.05, 4.69) is 13.8 Å². The summed E-state index contributed by atoms with van der Waals surface area (Å²) in [7, 11) is 0. The molecule has 68 valence electrons. The zero-order chi connectivity index (χ0) is 9.14. The van der Waals surface area contributed by atoms with Crippen molar-refractivity contribution in [2.75, 3.05) is 0 Å². The first-order chi connectivity index (χ1) is 5.66. The van der Waals surface area contributed by atoms with E-state index in [1.807, 2.05) is 11.4 Å². The predicted octanol–water partition coefficient (Wildman–Crippen LogP) is 1.90. The van der Waals surface area contributed by atoms with Gasteiger partial charge >= 0.3 is 0 Å². The lowest BCUT2D eigenvalue weighted by molar-refractivity contribution is 0.283. The SMILES string of the molecule is CC(C)[C@H](N)c1ccsc1CO. The third-order valence-corrected chi connectivity index (χ3v) is 2.92. The molecule has 0 aliphatic rings. The first-order valence-electron chi connectivity index (χ1n) is 4.09. The van der Waals surface area contributed by atoms with Crippen LogP contribution in [0.15, 0.2) is 11.4 Å². The number of hydrogen-bond donors (Lipinski definition) is 2. The molecule has 2 nitrogen and oxygen atoms in total. The van der Waals surface area contributed by atoms with E-state index in [9.17, 15) is 0 Å². The van der Waals surface area contributed by atoms with Gasteiger partial charge in [-0.25, -0.2) is 0 Å². The first kappa shape index (κ1) is 9.71. The van der Waals surface area contributed by atoms with Crippen LogP contribution in [0.25, 0.3) is 0 Å². The molecule has 0 saturated heterocycles. The van der Waals surface area contributed by atoms with Gasteiger partial charge < -0.3 is 10.8 Å². The van der Waals surface area contributed by atoms with Gasteiger partial charge in [-0.2, -0.15) is 0 Å². The maximum atomic E-state index is 8.99. The summed E-state index contributed by atoms with van der Waals surface area (Å²) < 4.78 is 0. The Labute approximate surface area is 77.0 Å². The maximum Gasteiger partial charge on any atom is 0.0777 e. The summed E-state index contributed by atoms with van der Waals surface area (Å²) in [4.78, 5) is 0.996. The van der Waals surface area contributed by atoms with Crippen LogP contribution in [0.1, 0.15) is 30.3 Å². The van der Waals surface area contributed by atoms with Crippen molar-refractivity contribution in [3.05, 3.63) is 21.9 Å². The van der Waals surface area contributed by atoms with E-state index in [1.54, 1.807) is 11.3 Å². The molecule has 1 heterocycles. The highest BCUT2D eigenvalue weighted by molar-refractivity contribution is 7.10. The average molecular weight is 185 g/mol. The lowest BCUT2D eigenvalue weighted by Gasteiger charge is -2.15. The number of thiophene rings is 1. The highest BCUT2D eigenvalue weighted by atomic mass is 32.1.